The largest absolute Gasteiger partial charge is 0.362 e. The first-order chi connectivity index (χ1) is 14.3. The van der Waals surface area contributed by atoms with E-state index in [-0.39, 0.29) is 12.1 Å². The number of nitrogens with zero attached hydrogens (tertiary/aromatic N) is 3. The second-order valence-electron chi connectivity index (χ2n) is 8.50. The zero-order chi connectivity index (χ0) is 21.7. The van der Waals surface area contributed by atoms with Crippen molar-refractivity contribution >= 4 is 21.6 Å². The summed E-state index contributed by atoms with van der Waals surface area (Å²) in [6.45, 7) is 10.2. The SMILES string of the molecule is C=CCOCN1CCC(N2C[C@H](C)N(S(C)(=O)=O)C[C@@H]2Cc2ccc(Cl)cc2)CC1. The van der Waals surface area contributed by atoms with Crippen LogP contribution < -0.4 is 0 Å². The van der Waals surface area contributed by atoms with E-state index in [0.29, 0.717) is 25.9 Å². The fourth-order valence-electron chi connectivity index (χ4n) is 4.67. The Morgan fingerprint density at radius 2 is 1.87 bits per heavy atom. The summed E-state index contributed by atoms with van der Waals surface area (Å²) >= 11 is 6.05. The molecule has 1 aromatic rings. The first-order valence-electron chi connectivity index (χ1n) is 10.7. The lowest BCUT2D eigenvalue weighted by atomic mass is 9.95. The van der Waals surface area contributed by atoms with Crippen LogP contribution in [0.25, 0.3) is 0 Å². The van der Waals surface area contributed by atoms with Gasteiger partial charge in [-0.25, -0.2) is 8.42 Å². The van der Waals surface area contributed by atoms with Crippen LogP contribution in [0.15, 0.2) is 36.9 Å². The third kappa shape index (κ3) is 6.28. The Morgan fingerprint density at radius 3 is 2.47 bits per heavy atom. The van der Waals surface area contributed by atoms with Gasteiger partial charge in [-0.3, -0.25) is 9.80 Å². The average Bonchev–Trinajstić information content (AvgIpc) is 2.70. The fourth-order valence-corrected chi connectivity index (χ4v) is 5.96. The molecule has 1 aromatic carbocycles. The van der Waals surface area contributed by atoms with Crippen LogP contribution in [0.3, 0.4) is 0 Å². The van der Waals surface area contributed by atoms with Gasteiger partial charge in [-0.2, -0.15) is 4.31 Å². The predicted octanol–water partition coefficient (Wildman–Crippen LogP) is 2.84. The molecule has 30 heavy (non-hydrogen) atoms. The molecule has 2 aliphatic heterocycles. The minimum atomic E-state index is -3.23. The van der Waals surface area contributed by atoms with Gasteiger partial charge in [-0.05, 0) is 43.9 Å². The minimum absolute atomic E-state index is 0.0181. The van der Waals surface area contributed by atoms with Crippen LogP contribution in [0.2, 0.25) is 5.02 Å². The molecule has 0 spiro atoms. The molecule has 0 aromatic heterocycles. The van der Waals surface area contributed by atoms with Gasteiger partial charge in [0.2, 0.25) is 10.0 Å². The number of piperazine rings is 1. The number of ether oxygens (including phenoxy) is 1. The van der Waals surface area contributed by atoms with Gasteiger partial charge < -0.3 is 4.74 Å². The lowest BCUT2D eigenvalue weighted by Gasteiger charge is -2.49. The average molecular weight is 456 g/mol. The summed E-state index contributed by atoms with van der Waals surface area (Å²) in [6, 6.07) is 8.50. The van der Waals surface area contributed by atoms with Gasteiger partial charge in [0.05, 0.1) is 19.6 Å². The maximum atomic E-state index is 12.4. The van der Waals surface area contributed by atoms with E-state index in [1.807, 2.05) is 31.2 Å². The maximum Gasteiger partial charge on any atom is 0.211 e. The summed E-state index contributed by atoms with van der Waals surface area (Å²) < 4.78 is 32.0. The molecular weight excluding hydrogens is 422 g/mol. The molecule has 168 valence electrons. The topological polar surface area (TPSA) is 53.1 Å². The Bertz CT molecular complexity index is 794. The molecule has 2 heterocycles. The summed E-state index contributed by atoms with van der Waals surface area (Å²) in [5, 5.41) is 0.719. The van der Waals surface area contributed by atoms with Crippen molar-refractivity contribution in [1.29, 1.82) is 0 Å². The molecule has 0 aliphatic carbocycles. The molecule has 0 amide bonds. The van der Waals surface area contributed by atoms with Gasteiger partial charge in [0.15, 0.2) is 0 Å². The van der Waals surface area contributed by atoms with Crippen LogP contribution in [0.1, 0.15) is 25.3 Å². The van der Waals surface area contributed by atoms with Crippen molar-refractivity contribution in [2.45, 2.75) is 44.3 Å². The van der Waals surface area contributed by atoms with E-state index in [1.54, 1.807) is 10.4 Å². The summed E-state index contributed by atoms with van der Waals surface area (Å²) in [4.78, 5) is 4.90. The number of likely N-dealkylation sites (tertiary alicyclic amines) is 1. The molecule has 0 unspecified atom stereocenters. The van der Waals surface area contributed by atoms with Gasteiger partial charge >= 0.3 is 0 Å². The number of benzene rings is 1. The van der Waals surface area contributed by atoms with Gasteiger partial charge in [0.25, 0.3) is 0 Å². The Labute approximate surface area is 186 Å². The molecule has 8 heteroatoms. The molecule has 3 rings (SSSR count). The first kappa shape index (κ1) is 23.7. The van der Waals surface area contributed by atoms with Gasteiger partial charge in [-0.15, -0.1) is 6.58 Å². The van der Waals surface area contributed by atoms with E-state index in [9.17, 15) is 8.42 Å². The van der Waals surface area contributed by atoms with Crippen molar-refractivity contribution in [1.82, 2.24) is 14.1 Å². The summed E-state index contributed by atoms with van der Waals surface area (Å²) in [5.41, 5.74) is 1.19. The lowest BCUT2D eigenvalue weighted by Crippen LogP contribution is -2.62. The Kier molecular flexibility index (Phi) is 8.35. The van der Waals surface area contributed by atoms with Crippen LogP contribution in [0, 0.1) is 0 Å². The second-order valence-corrected chi connectivity index (χ2v) is 10.9. The zero-order valence-corrected chi connectivity index (χ0v) is 19.6. The van der Waals surface area contributed by atoms with Crippen LogP contribution in [0.4, 0.5) is 0 Å². The van der Waals surface area contributed by atoms with Crippen molar-refractivity contribution in [3.8, 4) is 0 Å². The third-order valence-corrected chi connectivity index (χ3v) is 7.79. The van der Waals surface area contributed by atoms with E-state index in [2.05, 4.69) is 16.4 Å². The monoisotopic (exact) mass is 455 g/mol. The van der Waals surface area contributed by atoms with Gasteiger partial charge in [-0.1, -0.05) is 29.8 Å². The molecule has 2 atom stereocenters. The predicted molar refractivity (Wildman–Crippen MR) is 122 cm³/mol. The van der Waals surface area contributed by atoms with Crippen LogP contribution in [-0.4, -0.2) is 86.4 Å². The number of hydrogen-bond donors (Lipinski definition) is 0. The highest BCUT2D eigenvalue weighted by molar-refractivity contribution is 7.88. The smallest absolute Gasteiger partial charge is 0.211 e. The quantitative estimate of drug-likeness (QED) is 0.445. The lowest BCUT2D eigenvalue weighted by molar-refractivity contribution is -0.0133. The highest BCUT2D eigenvalue weighted by atomic mass is 35.5. The summed E-state index contributed by atoms with van der Waals surface area (Å²) in [6.07, 6.45) is 6.05. The first-order valence-corrected chi connectivity index (χ1v) is 12.9. The number of piperidine rings is 1. The van der Waals surface area contributed by atoms with Crippen molar-refractivity contribution < 1.29 is 13.2 Å². The van der Waals surface area contributed by atoms with Gasteiger partial charge in [0, 0.05) is 49.3 Å². The molecule has 2 fully saturated rings. The number of halogens is 1. The van der Waals surface area contributed by atoms with Crippen molar-refractivity contribution in [3.05, 3.63) is 47.5 Å². The van der Waals surface area contributed by atoms with Crippen LogP contribution >= 0.6 is 11.6 Å². The second kappa shape index (κ2) is 10.6. The van der Waals surface area contributed by atoms with Gasteiger partial charge in [0.1, 0.15) is 0 Å². The molecule has 0 radical (unpaired) electrons. The van der Waals surface area contributed by atoms with E-state index in [1.165, 1.54) is 11.8 Å². The molecule has 0 bridgehead atoms. The Hall–Kier alpha value is -0.960. The Balaban J connectivity index is 1.70. The molecule has 0 N–H and O–H groups in total. The molecule has 2 aliphatic rings. The van der Waals surface area contributed by atoms with Crippen molar-refractivity contribution in [2.75, 3.05) is 45.8 Å². The van der Waals surface area contributed by atoms with Crippen LogP contribution in [-0.2, 0) is 21.2 Å². The zero-order valence-electron chi connectivity index (χ0n) is 18.0. The van der Waals surface area contributed by atoms with E-state index in [4.69, 9.17) is 16.3 Å². The Morgan fingerprint density at radius 1 is 1.20 bits per heavy atom. The molecular formula is C22H34ClN3O3S. The van der Waals surface area contributed by atoms with E-state index >= 15 is 0 Å². The third-order valence-electron chi connectivity index (χ3n) is 6.17. The van der Waals surface area contributed by atoms with Crippen LogP contribution in [0.5, 0.6) is 0 Å². The molecule has 2 saturated heterocycles. The van der Waals surface area contributed by atoms with E-state index in [0.717, 1.165) is 43.9 Å². The number of hydrogen-bond acceptors (Lipinski definition) is 5. The number of rotatable bonds is 8. The standard InChI is InChI=1S/C22H34ClN3O3S/c1-4-13-29-17-24-11-9-21(10-12-24)25-15-18(2)26(30(3,27)28)16-22(25)14-19-5-7-20(23)8-6-19/h4-8,18,21-22H,1,9-17H2,2-3H3/t18-,22-/m0/s1. The summed E-state index contributed by atoms with van der Waals surface area (Å²) in [5.74, 6) is 0. The molecule has 6 nitrogen and oxygen atoms in total. The van der Waals surface area contributed by atoms with Crippen molar-refractivity contribution in [2.24, 2.45) is 0 Å². The highest BCUT2D eigenvalue weighted by Crippen LogP contribution is 2.27. The highest BCUT2D eigenvalue weighted by Gasteiger charge is 2.39. The number of sulfonamides is 1. The molecule has 0 saturated carbocycles. The van der Waals surface area contributed by atoms with E-state index < -0.39 is 10.0 Å². The summed E-state index contributed by atoms with van der Waals surface area (Å²) in [7, 11) is -3.23. The fraction of sp³-hybridized carbons (Fsp3) is 0.636. The normalized spacial score (nSPS) is 25.4. The maximum absolute atomic E-state index is 12.4. The minimum Gasteiger partial charge on any atom is -0.362 e. The van der Waals surface area contributed by atoms with Crippen molar-refractivity contribution in [3.63, 3.8) is 0 Å².